The zero-order valence-corrected chi connectivity index (χ0v) is 17.0. The third-order valence-electron chi connectivity index (χ3n) is 3.92. The van der Waals surface area contributed by atoms with Gasteiger partial charge in [-0.05, 0) is 6.92 Å². The second-order valence-corrected chi connectivity index (χ2v) is 6.80. The monoisotopic (exact) mass is 443 g/mol. The predicted molar refractivity (Wildman–Crippen MR) is 107 cm³/mol. The lowest BCUT2D eigenvalue weighted by molar-refractivity contribution is -0.141. The third kappa shape index (κ3) is 8.08. The van der Waals surface area contributed by atoms with E-state index in [2.05, 4.69) is 38.5 Å². The Kier molecular flexibility index (Phi) is 9.77. The van der Waals surface area contributed by atoms with Crippen LogP contribution in [-0.4, -0.2) is 74.6 Å². The Labute approximate surface area is 177 Å². The van der Waals surface area contributed by atoms with Gasteiger partial charge in [0.25, 0.3) is 0 Å². The van der Waals surface area contributed by atoms with Gasteiger partial charge in [-0.15, -0.1) is 0 Å². The Hall–Kier alpha value is -3.13. The molecule has 1 aromatic rings. The van der Waals surface area contributed by atoms with Gasteiger partial charge >= 0.3 is 5.97 Å². The number of imidazole rings is 1. The van der Waals surface area contributed by atoms with Crippen LogP contribution >= 0.6 is 12.6 Å². The molecule has 9 N–H and O–H groups in total. The Balaban J connectivity index is 2.73. The van der Waals surface area contributed by atoms with Crippen molar-refractivity contribution in [1.29, 1.82) is 0 Å². The number of amides is 4. The van der Waals surface area contributed by atoms with Crippen LogP contribution in [0.4, 0.5) is 0 Å². The van der Waals surface area contributed by atoms with Gasteiger partial charge in [-0.25, -0.2) is 9.78 Å². The number of hydrogen-bond acceptors (Lipinski definition) is 8. The van der Waals surface area contributed by atoms with E-state index in [1.807, 2.05) is 0 Å². The number of nitrogens with zero attached hydrogens (tertiary/aromatic N) is 1. The summed E-state index contributed by atoms with van der Waals surface area (Å²) in [5.41, 5.74) is 11.5. The minimum atomic E-state index is -1.38. The van der Waals surface area contributed by atoms with Crippen LogP contribution in [0.25, 0.3) is 0 Å². The van der Waals surface area contributed by atoms with Crippen molar-refractivity contribution >= 4 is 42.2 Å². The maximum absolute atomic E-state index is 12.5. The van der Waals surface area contributed by atoms with Crippen molar-refractivity contribution in [2.24, 2.45) is 11.5 Å². The molecule has 0 saturated carbocycles. The van der Waals surface area contributed by atoms with Gasteiger partial charge in [0, 0.05) is 24.1 Å². The van der Waals surface area contributed by atoms with Gasteiger partial charge in [0.15, 0.2) is 0 Å². The van der Waals surface area contributed by atoms with Gasteiger partial charge in [-0.1, -0.05) is 0 Å². The van der Waals surface area contributed by atoms with E-state index in [-0.39, 0.29) is 12.2 Å². The standard InChI is InChI=1S/C16H25N7O6S/c1-7(13(25)23-11(5-30)16(28)29)21-15(27)10(3-12(18)24)22-14(26)9(17)2-8-4-19-6-20-8/h4,6-7,9-11,30H,2-3,5,17H2,1H3,(H2,18,24)(H,19,20)(H,21,27)(H,22,26)(H,23,25)(H,28,29). The van der Waals surface area contributed by atoms with Crippen LogP contribution in [0, 0.1) is 0 Å². The molecule has 14 heteroatoms. The summed E-state index contributed by atoms with van der Waals surface area (Å²) >= 11 is 3.83. The largest absolute Gasteiger partial charge is 0.480 e. The van der Waals surface area contributed by atoms with Crippen molar-refractivity contribution in [1.82, 2.24) is 25.9 Å². The molecule has 0 aromatic carbocycles. The van der Waals surface area contributed by atoms with Gasteiger partial charge in [0.2, 0.25) is 23.6 Å². The Morgan fingerprint density at radius 3 is 2.27 bits per heavy atom. The van der Waals surface area contributed by atoms with Crippen LogP contribution in [0.1, 0.15) is 19.0 Å². The number of aromatic amines is 1. The van der Waals surface area contributed by atoms with E-state index in [4.69, 9.17) is 16.6 Å². The Morgan fingerprint density at radius 1 is 1.13 bits per heavy atom. The highest BCUT2D eigenvalue weighted by molar-refractivity contribution is 7.80. The van der Waals surface area contributed by atoms with Crippen molar-refractivity contribution in [2.45, 2.75) is 43.9 Å². The lowest BCUT2D eigenvalue weighted by Crippen LogP contribution is -2.57. The first-order chi connectivity index (χ1) is 14.0. The fraction of sp³-hybridized carbons (Fsp3) is 0.500. The first-order valence-electron chi connectivity index (χ1n) is 8.81. The van der Waals surface area contributed by atoms with Crippen molar-refractivity contribution in [3.05, 3.63) is 18.2 Å². The maximum Gasteiger partial charge on any atom is 0.327 e. The summed E-state index contributed by atoms with van der Waals surface area (Å²) < 4.78 is 0. The van der Waals surface area contributed by atoms with Crippen LogP contribution in [0.3, 0.4) is 0 Å². The van der Waals surface area contributed by atoms with E-state index < -0.39 is 60.2 Å². The molecule has 0 radical (unpaired) electrons. The van der Waals surface area contributed by atoms with E-state index in [9.17, 15) is 24.0 Å². The number of aliphatic carboxylic acids is 1. The molecule has 0 aliphatic rings. The average molecular weight is 443 g/mol. The van der Waals surface area contributed by atoms with Gasteiger partial charge in [0.05, 0.1) is 18.8 Å². The topological polar surface area (TPSA) is 222 Å². The number of nitrogens with one attached hydrogen (secondary N) is 4. The summed E-state index contributed by atoms with van der Waals surface area (Å²) in [5, 5.41) is 15.8. The number of H-pyrrole nitrogens is 1. The molecule has 0 aliphatic carbocycles. The molecular formula is C16H25N7O6S. The summed E-state index contributed by atoms with van der Waals surface area (Å²) in [6.07, 6.45) is 2.47. The minimum absolute atomic E-state index is 0.107. The van der Waals surface area contributed by atoms with Gasteiger partial charge in [-0.3, -0.25) is 19.2 Å². The first-order valence-corrected chi connectivity index (χ1v) is 9.44. The third-order valence-corrected chi connectivity index (χ3v) is 4.28. The lowest BCUT2D eigenvalue weighted by atomic mass is 10.1. The smallest absolute Gasteiger partial charge is 0.327 e. The molecular weight excluding hydrogens is 418 g/mol. The van der Waals surface area contributed by atoms with Crippen LogP contribution in [0.15, 0.2) is 12.5 Å². The van der Waals surface area contributed by atoms with E-state index in [0.29, 0.717) is 5.69 Å². The minimum Gasteiger partial charge on any atom is -0.480 e. The number of thiol groups is 1. The SMILES string of the molecule is CC(NC(=O)C(CC(N)=O)NC(=O)C(N)Cc1cnc[nH]1)C(=O)NC(CS)C(=O)O. The van der Waals surface area contributed by atoms with E-state index in [1.54, 1.807) is 0 Å². The molecule has 13 nitrogen and oxygen atoms in total. The normalized spacial score (nSPS) is 14.6. The number of aromatic nitrogens is 2. The highest BCUT2D eigenvalue weighted by Crippen LogP contribution is 2.00. The Morgan fingerprint density at radius 2 is 1.77 bits per heavy atom. The van der Waals surface area contributed by atoms with Gasteiger partial charge < -0.3 is 37.5 Å². The molecule has 0 spiro atoms. The van der Waals surface area contributed by atoms with Crippen LogP contribution in [-0.2, 0) is 30.4 Å². The molecule has 166 valence electrons. The lowest BCUT2D eigenvalue weighted by Gasteiger charge is -2.22. The zero-order chi connectivity index (χ0) is 22.8. The highest BCUT2D eigenvalue weighted by atomic mass is 32.1. The number of carbonyl (C=O) groups is 5. The molecule has 0 saturated heterocycles. The summed E-state index contributed by atoms with van der Waals surface area (Å²) in [7, 11) is 0. The second-order valence-electron chi connectivity index (χ2n) is 6.43. The Bertz CT molecular complexity index is 772. The molecule has 0 fully saturated rings. The molecule has 0 aliphatic heterocycles. The highest BCUT2D eigenvalue weighted by Gasteiger charge is 2.29. The number of nitrogens with two attached hydrogens (primary N) is 2. The van der Waals surface area contributed by atoms with E-state index in [0.717, 1.165) is 0 Å². The molecule has 1 rings (SSSR count). The molecule has 30 heavy (non-hydrogen) atoms. The molecule has 1 heterocycles. The number of carboxylic acids is 1. The summed E-state index contributed by atoms with van der Waals surface area (Å²) in [6.45, 7) is 1.30. The maximum atomic E-state index is 12.5. The molecule has 4 unspecified atom stereocenters. The van der Waals surface area contributed by atoms with Gasteiger partial charge in [-0.2, -0.15) is 12.6 Å². The van der Waals surface area contributed by atoms with Crippen molar-refractivity contribution < 1.29 is 29.1 Å². The molecule has 0 bridgehead atoms. The van der Waals surface area contributed by atoms with Crippen LogP contribution in [0.2, 0.25) is 0 Å². The quantitative estimate of drug-likeness (QED) is 0.152. The number of carboxylic acid groups (broad SMARTS) is 1. The predicted octanol–water partition coefficient (Wildman–Crippen LogP) is -3.36. The van der Waals surface area contributed by atoms with Crippen LogP contribution in [0.5, 0.6) is 0 Å². The molecule has 1 aromatic heterocycles. The number of primary amides is 1. The fourth-order valence-corrected chi connectivity index (χ4v) is 2.52. The molecule has 4 atom stereocenters. The summed E-state index contributed by atoms with van der Waals surface area (Å²) in [6, 6.07) is -4.83. The molecule has 4 amide bonds. The second kappa shape index (κ2) is 11.8. The summed E-state index contributed by atoms with van der Waals surface area (Å²) in [4.78, 5) is 65.7. The van der Waals surface area contributed by atoms with Gasteiger partial charge in [0.1, 0.15) is 18.1 Å². The van der Waals surface area contributed by atoms with E-state index >= 15 is 0 Å². The fourth-order valence-electron chi connectivity index (χ4n) is 2.28. The number of carbonyl (C=O) groups excluding carboxylic acids is 4. The average Bonchev–Trinajstić information content (AvgIpc) is 3.17. The van der Waals surface area contributed by atoms with E-state index in [1.165, 1.54) is 19.4 Å². The van der Waals surface area contributed by atoms with Crippen molar-refractivity contribution in [3.63, 3.8) is 0 Å². The summed E-state index contributed by atoms with van der Waals surface area (Å²) in [5.74, 6) is -4.68. The number of hydrogen-bond donors (Lipinski definition) is 8. The van der Waals surface area contributed by atoms with Crippen molar-refractivity contribution in [3.8, 4) is 0 Å². The number of rotatable bonds is 12. The van der Waals surface area contributed by atoms with Crippen LogP contribution < -0.4 is 27.4 Å². The van der Waals surface area contributed by atoms with Crippen molar-refractivity contribution in [2.75, 3.05) is 5.75 Å². The first kappa shape index (κ1) is 24.9. The zero-order valence-electron chi connectivity index (χ0n) is 16.1.